The number of carbonyl (C=O) groups is 1. The molecule has 1 aliphatic carbocycles. The zero-order valence-corrected chi connectivity index (χ0v) is 13.6. The number of carboxylic acids is 1. The molecular formula is C14H17BrF2O2S. The second-order valence-electron chi connectivity index (χ2n) is 5.69. The van der Waals surface area contributed by atoms with Gasteiger partial charge in [0.25, 0.3) is 5.92 Å². The maximum atomic E-state index is 14.6. The number of thiophene rings is 1. The van der Waals surface area contributed by atoms with Crippen LogP contribution in [-0.2, 0) is 10.7 Å². The maximum Gasteiger partial charge on any atom is 0.303 e. The lowest BCUT2D eigenvalue weighted by Gasteiger charge is -2.31. The van der Waals surface area contributed by atoms with Gasteiger partial charge in [0.2, 0.25) is 0 Å². The Labute approximate surface area is 129 Å². The summed E-state index contributed by atoms with van der Waals surface area (Å²) >= 11 is 4.26. The van der Waals surface area contributed by atoms with E-state index < -0.39 is 17.3 Å². The highest BCUT2D eigenvalue weighted by atomic mass is 79.9. The van der Waals surface area contributed by atoms with Gasteiger partial charge < -0.3 is 5.11 Å². The van der Waals surface area contributed by atoms with Crippen LogP contribution in [0.1, 0.15) is 48.3 Å². The highest BCUT2D eigenvalue weighted by Crippen LogP contribution is 2.53. The molecule has 1 saturated carbocycles. The molecule has 0 unspecified atom stereocenters. The normalized spacial score (nSPS) is 18.4. The number of hydrogen-bond acceptors (Lipinski definition) is 2. The molecule has 0 bridgehead atoms. The van der Waals surface area contributed by atoms with Gasteiger partial charge in [-0.15, -0.1) is 11.3 Å². The van der Waals surface area contributed by atoms with Gasteiger partial charge in [-0.2, -0.15) is 0 Å². The first kappa shape index (κ1) is 15.9. The van der Waals surface area contributed by atoms with E-state index >= 15 is 0 Å². The fourth-order valence-corrected chi connectivity index (χ4v) is 5.05. The number of halogens is 3. The second kappa shape index (κ2) is 5.72. The third-order valence-electron chi connectivity index (χ3n) is 3.93. The molecule has 0 aromatic carbocycles. The minimum absolute atomic E-state index is 0.0201. The fourth-order valence-electron chi connectivity index (χ4n) is 3.15. The van der Waals surface area contributed by atoms with Gasteiger partial charge in [-0.25, -0.2) is 8.78 Å². The Bertz CT molecular complexity index is 507. The number of carboxylic acid groups (broad SMARTS) is 1. The molecule has 1 heterocycles. The number of alkyl halides is 2. The van der Waals surface area contributed by atoms with E-state index in [1.165, 1.54) is 0 Å². The summed E-state index contributed by atoms with van der Waals surface area (Å²) in [5.41, 5.74) is -0.757. The molecule has 0 radical (unpaired) electrons. The van der Waals surface area contributed by atoms with E-state index in [4.69, 9.17) is 5.11 Å². The first-order valence-electron chi connectivity index (χ1n) is 6.60. The Morgan fingerprint density at radius 3 is 2.55 bits per heavy atom. The third kappa shape index (κ3) is 3.39. The summed E-state index contributed by atoms with van der Waals surface area (Å²) in [6.07, 6.45) is 2.31. The molecule has 0 aliphatic heterocycles. The average molecular weight is 367 g/mol. The molecule has 0 amide bonds. The van der Waals surface area contributed by atoms with Crippen LogP contribution in [-0.4, -0.2) is 11.1 Å². The van der Waals surface area contributed by atoms with Crippen LogP contribution in [0.15, 0.2) is 10.5 Å². The Balaban J connectivity index is 2.25. The predicted octanol–water partition coefficient (Wildman–Crippen LogP) is 5.34. The number of aryl methyl sites for hydroxylation is 1. The monoisotopic (exact) mass is 366 g/mol. The summed E-state index contributed by atoms with van der Waals surface area (Å²) in [7, 11) is 0. The summed E-state index contributed by atoms with van der Waals surface area (Å²) in [6.45, 7) is 1.79. The van der Waals surface area contributed by atoms with Crippen molar-refractivity contribution in [2.75, 3.05) is 0 Å². The van der Waals surface area contributed by atoms with Gasteiger partial charge in [0.1, 0.15) is 0 Å². The van der Waals surface area contributed by atoms with Gasteiger partial charge in [-0.1, -0.05) is 12.8 Å². The lowest BCUT2D eigenvalue weighted by Crippen LogP contribution is -2.29. The minimum Gasteiger partial charge on any atom is -0.481 e. The molecule has 1 aliphatic rings. The SMILES string of the molecule is Cc1cc(Br)c(C(F)(F)CC2(CC(=O)O)CCCC2)s1. The van der Waals surface area contributed by atoms with Crippen molar-refractivity contribution in [2.45, 2.75) is 51.4 Å². The van der Waals surface area contributed by atoms with Crippen LogP contribution in [0.4, 0.5) is 8.78 Å². The van der Waals surface area contributed by atoms with E-state index in [1.54, 1.807) is 13.0 Å². The Hall–Kier alpha value is -0.490. The van der Waals surface area contributed by atoms with Crippen LogP contribution < -0.4 is 0 Å². The van der Waals surface area contributed by atoms with Crippen LogP contribution in [0.25, 0.3) is 0 Å². The van der Waals surface area contributed by atoms with Crippen LogP contribution in [0.2, 0.25) is 0 Å². The van der Waals surface area contributed by atoms with Crippen LogP contribution in [0.5, 0.6) is 0 Å². The highest BCUT2D eigenvalue weighted by molar-refractivity contribution is 9.10. The molecule has 2 rings (SSSR count). The summed E-state index contributed by atoms with van der Waals surface area (Å²) in [5.74, 6) is -3.96. The van der Waals surface area contributed by atoms with Crippen molar-refractivity contribution in [1.29, 1.82) is 0 Å². The van der Waals surface area contributed by atoms with Gasteiger partial charge in [0, 0.05) is 15.8 Å². The molecule has 112 valence electrons. The molecule has 0 spiro atoms. The van der Waals surface area contributed by atoms with Crippen molar-refractivity contribution in [3.63, 3.8) is 0 Å². The largest absolute Gasteiger partial charge is 0.481 e. The zero-order valence-electron chi connectivity index (χ0n) is 11.2. The Morgan fingerprint density at radius 2 is 2.10 bits per heavy atom. The second-order valence-corrected chi connectivity index (χ2v) is 7.80. The molecule has 0 atom stereocenters. The van der Waals surface area contributed by atoms with Crippen LogP contribution >= 0.6 is 27.3 Å². The molecule has 20 heavy (non-hydrogen) atoms. The van der Waals surface area contributed by atoms with Crippen molar-refractivity contribution >= 4 is 33.2 Å². The van der Waals surface area contributed by atoms with E-state index in [0.29, 0.717) is 17.3 Å². The van der Waals surface area contributed by atoms with Crippen molar-refractivity contribution in [2.24, 2.45) is 5.41 Å². The van der Waals surface area contributed by atoms with E-state index in [1.807, 2.05) is 0 Å². The highest BCUT2D eigenvalue weighted by Gasteiger charge is 2.47. The van der Waals surface area contributed by atoms with Crippen LogP contribution in [0.3, 0.4) is 0 Å². The summed E-state index contributed by atoms with van der Waals surface area (Å²) in [5, 5.41) is 9.01. The minimum atomic E-state index is -2.97. The van der Waals surface area contributed by atoms with Crippen molar-refractivity contribution in [3.8, 4) is 0 Å². The van der Waals surface area contributed by atoms with Crippen molar-refractivity contribution in [3.05, 3.63) is 20.3 Å². The summed E-state index contributed by atoms with van der Waals surface area (Å²) < 4.78 is 29.6. The molecule has 1 aromatic heterocycles. The lowest BCUT2D eigenvalue weighted by molar-refractivity contribution is -0.141. The maximum absolute atomic E-state index is 14.6. The molecule has 1 N–H and O–H groups in total. The standard InChI is InChI=1S/C14H17BrF2O2S/c1-9-6-10(15)12(20-9)14(16,17)8-13(7-11(18)19)4-2-3-5-13/h6H,2-5,7-8H2,1H3,(H,18,19). The van der Waals surface area contributed by atoms with Gasteiger partial charge in [-0.3, -0.25) is 4.79 Å². The molecule has 1 fully saturated rings. The first-order valence-corrected chi connectivity index (χ1v) is 8.21. The van der Waals surface area contributed by atoms with E-state index in [9.17, 15) is 13.6 Å². The quantitative estimate of drug-likeness (QED) is 0.763. The van der Waals surface area contributed by atoms with Gasteiger partial charge in [0.15, 0.2) is 0 Å². The van der Waals surface area contributed by atoms with Gasteiger partial charge in [0.05, 0.1) is 11.3 Å². The van der Waals surface area contributed by atoms with E-state index in [0.717, 1.165) is 29.1 Å². The summed E-state index contributed by atoms with van der Waals surface area (Å²) in [6, 6.07) is 1.69. The van der Waals surface area contributed by atoms with E-state index in [2.05, 4.69) is 15.9 Å². The fraction of sp³-hybridized carbons (Fsp3) is 0.643. The van der Waals surface area contributed by atoms with Gasteiger partial charge >= 0.3 is 5.97 Å². The number of hydrogen-bond donors (Lipinski definition) is 1. The smallest absolute Gasteiger partial charge is 0.303 e. The molecular weight excluding hydrogens is 350 g/mol. The lowest BCUT2D eigenvalue weighted by atomic mass is 9.77. The number of rotatable bonds is 5. The Kier molecular flexibility index (Phi) is 4.54. The number of aliphatic carboxylic acids is 1. The predicted molar refractivity (Wildman–Crippen MR) is 78.4 cm³/mol. The van der Waals surface area contributed by atoms with E-state index in [-0.39, 0.29) is 17.7 Å². The first-order chi connectivity index (χ1) is 9.24. The zero-order chi connectivity index (χ0) is 15.0. The molecule has 1 aromatic rings. The molecule has 0 saturated heterocycles. The van der Waals surface area contributed by atoms with Gasteiger partial charge in [-0.05, 0) is 47.2 Å². The van der Waals surface area contributed by atoms with Crippen molar-refractivity contribution in [1.82, 2.24) is 0 Å². The van der Waals surface area contributed by atoms with Crippen LogP contribution in [0, 0.1) is 12.3 Å². The van der Waals surface area contributed by atoms with Crippen molar-refractivity contribution < 1.29 is 18.7 Å². The Morgan fingerprint density at radius 1 is 1.50 bits per heavy atom. The topological polar surface area (TPSA) is 37.3 Å². The summed E-state index contributed by atoms with van der Waals surface area (Å²) in [4.78, 5) is 11.8. The molecule has 2 nitrogen and oxygen atoms in total. The third-order valence-corrected chi connectivity index (χ3v) is 5.98. The average Bonchev–Trinajstić information content (AvgIpc) is 2.84. The molecule has 6 heteroatoms.